The second kappa shape index (κ2) is 5.09. The van der Waals surface area contributed by atoms with Crippen LogP contribution in [0, 0.1) is 6.92 Å². The lowest BCUT2D eigenvalue weighted by Gasteiger charge is -2.24. The first-order valence-corrected chi connectivity index (χ1v) is 6.89. The number of pyridine rings is 1. The number of hydrogen-bond acceptors (Lipinski definition) is 4. The standard InChI is InChI=1S/C15H22N2O4/c1-9-12(20-6)10-7-17(14(19)21-15(2,3)4)8-11(10)16(5)13(9)18/h7-8H2,1-6H3. The Bertz CT molecular complexity index is 641. The summed E-state index contributed by atoms with van der Waals surface area (Å²) in [5.41, 5.74) is 1.59. The van der Waals surface area contributed by atoms with Gasteiger partial charge >= 0.3 is 6.09 Å². The molecule has 0 fully saturated rings. The third-order valence-electron chi connectivity index (χ3n) is 3.54. The Morgan fingerprint density at radius 1 is 1.24 bits per heavy atom. The van der Waals surface area contributed by atoms with E-state index in [-0.39, 0.29) is 11.7 Å². The highest BCUT2D eigenvalue weighted by molar-refractivity contribution is 5.69. The van der Waals surface area contributed by atoms with Crippen molar-refractivity contribution in [2.45, 2.75) is 46.4 Å². The number of rotatable bonds is 1. The molecule has 0 radical (unpaired) electrons. The summed E-state index contributed by atoms with van der Waals surface area (Å²) in [5.74, 6) is 0.569. The molecule has 6 nitrogen and oxygen atoms in total. The predicted molar refractivity (Wildman–Crippen MR) is 78.5 cm³/mol. The molecule has 1 aromatic heterocycles. The van der Waals surface area contributed by atoms with Crippen LogP contribution in [-0.4, -0.2) is 28.3 Å². The molecule has 0 saturated heterocycles. The average Bonchev–Trinajstić information content (AvgIpc) is 2.80. The van der Waals surface area contributed by atoms with E-state index in [2.05, 4.69) is 0 Å². The Balaban J connectivity index is 2.37. The molecule has 0 N–H and O–H groups in total. The number of aromatic nitrogens is 1. The van der Waals surface area contributed by atoms with E-state index in [4.69, 9.17) is 9.47 Å². The van der Waals surface area contributed by atoms with Crippen molar-refractivity contribution >= 4 is 6.09 Å². The summed E-state index contributed by atoms with van der Waals surface area (Å²) in [6.45, 7) is 7.96. The molecule has 2 heterocycles. The molecule has 1 aliphatic heterocycles. The van der Waals surface area contributed by atoms with Crippen molar-refractivity contribution in [1.29, 1.82) is 0 Å². The zero-order valence-electron chi connectivity index (χ0n) is 13.4. The Morgan fingerprint density at radius 3 is 2.38 bits per heavy atom. The van der Waals surface area contributed by atoms with Crippen LogP contribution in [0.2, 0.25) is 0 Å². The van der Waals surface area contributed by atoms with Crippen LogP contribution in [0.25, 0.3) is 0 Å². The van der Waals surface area contributed by atoms with Gasteiger partial charge in [0.05, 0.1) is 25.8 Å². The number of carbonyl (C=O) groups excluding carboxylic acids is 1. The minimum absolute atomic E-state index is 0.100. The Hall–Kier alpha value is -1.98. The third-order valence-corrected chi connectivity index (χ3v) is 3.54. The molecule has 116 valence electrons. The maximum Gasteiger partial charge on any atom is 0.410 e. The Kier molecular flexibility index (Phi) is 3.74. The molecule has 0 bridgehead atoms. The van der Waals surface area contributed by atoms with Gasteiger partial charge < -0.3 is 14.0 Å². The van der Waals surface area contributed by atoms with E-state index in [1.165, 1.54) is 7.11 Å². The summed E-state index contributed by atoms with van der Waals surface area (Å²) in [4.78, 5) is 25.9. The van der Waals surface area contributed by atoms with Crippen molar-refractivity contribution in [3.63, 3.8) is 0 Å². The van der Waals surface area contributed by atoms with Crippen molar-refractivity contribution in [3.05, 3.63) is 27.2 Å². The van der Waals surface area contributed by atoms with Gasteiger partial charge in [0.15, 0.2) is 0 Å². The molecule has 0 unspecified atom stereocenters. The number of amides is 1. The number of ether oxygens (including phenoxy) is 2. The van der Waals surface area contributed by atoms with Crippen molar-refractivity contribution in [2.24, 2.45) is 7.05 Å². The first kappa shape index (κ1) is 15.4. The lowest BCUT2D eigenvalue weighted by Crippen LogP contribution is -2.33. The van der Waals surface area contributed by atoms with Crippen molar-refractivity contribution in [1.82, 2.24) is 9.47 Å². The molecular weight excluding hydrogens is 272 g/mol. The first-order valence-electron chi connectivity index (χ1n) is 6.89. The Morgan fingerprint density at radius 2 is 1.86 bits per heavy atom. The van der Waals surface area contributed by atoms with E-state index in [0.717, 1.165) is 11.3 Å². The number of fused-ring (bicyclic) bond motifs is 1. The minimum Gasteiger partial charge on any atom is -0.496 e. The molecule has 0 saturated carbocycles. The topological polar surface area (TPSA) is 60.8 Å². The third kappa shape index (κ3) is 2.75. The number of methoxy groups -OCH3 is 1. The van der Waals surface area contributed by atoms with E-state index in [1.807, 2.05) is 20.8 Å². The van der Waals surface area contributed by atoms with Gasteiger partial charge in [-0.25, -0.2) is 4.79 Å². The van der Waals surface area contributed by atoms with Gasteiger partial charge in [-0.1, -0.05) is 0 Å². The summed E-state index contributed by atoms with van der Waals surface area (Å²) in [6.07, 6.45) is -0.383. The predicted octanol–water partition coefficient (Wildman–Crippen LogP) is 1.95. The molecule has 0 atom stereocenters. The maximum absolute atomic E-state index is 12.2. The SMILES string of the molecule is COc1c2c(n(C)c(=O)c1C)CN(C(=O)OC(C)(C)C)C2. The molecule has 0 aliphatic carbocycles. The van der Waals surface area contributed by atoms with E-state index in [1.54, 1.807) is 23.4 Å². The van der Waals surface area contributed by atoms with Crippen molar-refractivity contribution in [2.75, 3.05) is 7.11 Å². The van der Waals surface area contributed by atoms with Gasteiger partial charge in [0.25, 0.3) is 5.56 Å². The van der Waals surface area contributed by atoms with Gasteiger partial charge in [-0.15, -0.1) is 0 Å². The van der Waals surface area contributed by atoms with E-state index in [9.17, 15) is 9.59 Å². The van der Waals surface area contributed by atoms with Crippen LogP contribution >= 0.6 is 0 Å². The largest absolute Gasteiger partial charge is 0.496 e. The van der Waals surface area contributed by atoms with E-state index < -0.39 is 5.60 Å². The summed E-state index contributed by atoms with van der Waals surface area (Å²) < 4.78 is 12.3. The quantitative estimate of drug-likeness (QED) is 0.794. The van der Waals surface area contributed by atoms with E-state index in [0.29, 0.717) is 24.4 Å². The molecule has 1 aliphatic rings. The van der Waals surface area contributed by atoms with Gasteiger partial charge in [-0.05, 0) is 27.7 Å². The molecule has 0 aromatic carbocycles. The summed E-state index contributed by atoms with van der Waals surface area (Å²) in [6, 6.07) is 0. The molecular formula is C15H22N2O4. The van der Waals surface area contributed by atoms with Crippen LogP contribution in [0.15, 0.2) is 4.79 Å². The molecule has 2 rings (SSSR count). The minimum atomic E-state index is -0.544. The van der Waals surface area contributed by atoms with Gasteiger partial charge in [-0.2, -0.15) is 0 Å². The second-order valence-corrected chi connectivity index (χ2v) is 6.28. The summed E-state index contributed by atoms with van der Waals surface area (Å²) >= 11 is 0. The zero-order valence-corrected chi connectivity index (χ0v) is 13.4. The fourth-order valence-electron chi connectivity index (χ4n) is 2.56. The monoisotopic (exact) mass is 294 g/mol. The summed E-state index contributed by atoms with van der Waals surface area (Å²) in [5, 5.41) is 0. The van der Waals surface area contributed by atoms with Crippen LogP contribution in [0.5, 0.6) is 5.75 Å². The highest BCUT2D eigenvalue weighted by Gasteiger charge is 2.32. The molecule has 0 spiro atoms. The highest BCUT2D eigenvalue weighted by Crippen LogP contribution is 2.32. The normalized spacial score (nSPS) is 14.1. The first-order chi connectivity index (χ1) is 9.65. The van der Waals surface area contributed by atoms with Gasteiger partial charge in [-0.3, -0.25) is 9.69 Å². The van der Waals surface area contributed by atoms with Gasteiger partial charge in [0.2, 0.25) is 0 Å². The van der Waals surface area contributed by atoms with E-state index >= 15 is 0 Å². The fraction of sp³-hybridized carbons (Fsp3) is 0.600. The molecule has 1 aromatic rings. The van der Waals surface area contributed by atoms with Gasteiger partial charge in [0, 0.05) is 18.3 Å². The number of carbonyl (C=O) groups is 1. The number of nitrogens with zero attached hydrogens (tertiary/aromatic N) is 2. The Labute approximate surface area is 124 Å². The molecule has 6 heteroatoms. The van der Waals surface area contributed by atoms with Crippen LogP contribution in [0.1, 0.15) is 37.6 Å². The molecule has 21 heavy (non-hydrogen) atoms. The second-order valence-electron chi connectivity index (χ2n) is 6.28. The van der Waals surface area contributed by atoms with Crippen molar-refractivity contribution in [3.8, 4) is 5.75 Å². The van der Waals surface area contributed by atoms with Crippen LogP contribution in [0.3, 0.4) is 0 Å². The zero-order chi connectivity index (χ0) is 15.9. The van der Waals surface area contributed by atoms with Crippen molar-refractivity contribution < 1.29 is 14.3 Å². The highest BCUT2D eigenvalue weighted by atomic mass is 16.6. The lowest BCUT2D eigenvalue weighted by molar-refractivity contribution is 0.0239. The molecule has 1 amide bonds. The summed E-state index contributed by atoms with van der Waals surface area (Å²) in [7, 11) is 3.25. The average molecular weight is 294 g/mol. The lowest BCUT2D eigenvalue weighted by atomic mass is 10.1. The smallest absolute Gasteiger partial charge is 0.410 e. The van der Waals surface area contributed by atoms with Crippen LogP contribution in [-0.2, 0) is 24.9 Å². The van der Waals surface area contributed by atoms with Crippen LogP contribution in [0.4, 0.5) is 4.79 Å². The number of hydrogen-bond donors (Lipinski definition) is 0. The van der Waals surface area contributed by atoms with Crippen LogP contribution < -0.4 is 10.3 Å². The fourth-order valence-corrected chi connectivity index (χ4v) is 2.56. The van der Waals surface area contributed by atoms with Gasteiger partial charge in [0.1, 0.15) is 11.4 Å². The maximum atomic E-state index is 12.2.